The Balaban J connectivity index is 2.08. The maximum absolute atomic E-state index is 11.5. The van der Waals surface area contributed by atoms with Crippen LogP contribution in [0.1, 0.15) is 18.4 Å². The third-order valence-electron chi connectivity index (χ3n) is 2.99. The van der Waals surface area contributed by atoms with Crippen molar-refractivity contribution in [3.05, 3.63) is 29.1 Å². The molecule has 17 heavy (non-hydrogen) atoms. The second kappa shape index (κ2) is 3.56. The summed E-state index contributed by atoms with van der Waals surface area (Å²) in [7, 11) is 0. The van der Waals surface area contributed by atoms with E-state index in [1.54, 1.807) is 0 Å². The van der Waals surface area contributed by atoms with Crippen LogP contribution >= 0.6 is 11.3 Å². The number of thiazole rings is 1. The molecular weight excluding hydrogens is 234 g/mol. The molecule has 0 saturated heterocycles. The Kier molecular flexibility index (Phi) is 2.16. The predicted molar refractivity (Wildman–Crippen MR) is 69.0 cm³/mol. The van der Waals surface area contributed by atoms with Crippen LogP contribution in [0.2, 0.25) is 0 Å². The molecule has 3 N–H and O–H groups in total. The number of nitrogens with one attached hydrogen (secondary N) is 1. The van der Waals surface area contributed by atoms with Gasteiger partial charge in [-0.2, -0.15) is 0 Å². The minimum atomic E-state index is -0.0964. The van der Waals surface area contributed by atoms with Gasteiger partial charge in [0.25, 0.3) is 0 Å². The zero-order valence-electron chi connectivity index (χ0n) is 9.23. The third-order valence-corrected chi connectivity index (χ3v) is 3.66. The quantitative estimate of drug-likeness (QED) is 0.810. The summed E-state index contributed by atoms with van der Waals surface area (Å²) in [5.74, 6) is -0.0455. The van der Waals surface area contributed by atoms with Gasteiger partial charge in [0.1, 0.15) is 0 Å². The molecule has 86 valence electrons. The number of anilines is 2. The summed E-state index contributed by atoms with van der Waals surface area (Å²) in [4.78, 5) is 15.8. The summed E-state index contributed by atoms with van der Waals surface area (Å²) in [6, 6.07) is 5.87. The van der Waals surface area contributed by atoms with Gasteiger partial charge in [0.05, 0.1) is 11.6 Å². The first-order valence-corrected chi connectivity index (χ1v) is 6.19. The fraction of sp³-hybridized carbons (Fsp3) is 0.167. The molecule has 1 amide bonds. The number of nitrogens with zero attached hydrogens (tertiary/aromatic N) is 1. The molecule has 0 spiro atoms. The molecule has 2 aromatic rings. The molecule has 1 aliphatic rings. The van der Waals surface area contributed by atoms with Gasteiger partial charge in [-0.05, 0) is 24.6 Å². The average Bonchev–Trinajstić information content (AvgIpc) is 2.85. The molecule has 1 aliphatic heterocycles. The van der Waals surface area contributed by atoms with E-state index in [0.29, 0.717) is 5.13 Å². The fourth-order valence-electron chi connectivity index (χ4n) is 2.00. The summed E-state index contributed by atoms with van der Waals surface area (Å²) >= 11 is 1.42. The molecule has 1 aromatic heterocycles. The maximum Gasteiger partial charge on any atom is 0.231 e. The highest BCUT2D eigenvalue weighted by Crippen LogP contribution is 2.35. The molecule has 0 fully saturated rings. The molecule has 2 heterocycles. The number of amides is 1. The van der Waals surface area contributed by atoms with Crippen molar-refractivity contribution in [1.29, 1.82) is 0 Å². The zero-order valence-corrected chi connectivity index (χ0v) is 10.0. The van der Waals surface area contributed by atoms with Crippen LogP contribution in [0.5, 0.6) is 0 Å². The number of hydrogen-bond acceptors (Lipinski definition) is 4. The van der Waals surface area contributed by atoms with E-state index in [-0.39, 0.29) is 11.8 Å². The van der Waals surface area contributed by atoms with Gasteiger partial charge in [0, 0.05) is 16.6 Å². The fourth-order valence-corrected chi connectivity index (χ4v) is 2.57. The van der Waals surface area contributed by atoms with Crippen molar-refractivity contribution in [2.45, 2.75) is 12.8 Å². The Bertz CT molecular complexity index is 606. The van der Waals surface area contributed by atoms with Gasteiger partial charge < -0.3 is 11.1 Å². The van der Waals surface area contributed by atoms with Gasteiger partial charge in [-0.3, -0.25) is 4.79 Å². The molecule has 3 rings (SSSR count). The van der Waals surface area contributed by atoms with E-state index >= 15 is 0 Å². The Hall–Kier alpha value is -1.88. The lowest BCUT2D eigenvalue weighted by molar-refractivity contribution is -0.116. The van der Waals surface area contributed by atoms with Crippen molar-refractivity contribution in [3.8, 4) is 11.3 Å². The first-order valence-electron chi connectivity index (χ1n) is 5.31. The van der Waals surface area contributed by atoms with E-state index in [1.807, 2.05) is 30.5 Å². The highest BCUT2D eigenvalue weighted by Gasteiger charge is 2.26. The van der Waals surface area contributed by atoms with Gasteiger partial charge in [0.2, 0.25) is 5.91 Å². The number of carbonyl (C=O) groups excluding carboxylic acids is 1. The standard InChI is InChI=1S/C12H11N3OS/c1-6-8-4-7(10-5-17-12(13)15-10)2-3-9(8)14-11(6)16/h2-6H,1H3,(H2,13,15)(H,14,16)/t6-/m1/s1. The van der Waals surface area contributed by atoms with Crippen LogP contribution in [0.4, 0.5) is 10.8 Å². The topological polar surface area (TPSA) is 68.0 Å². The lowest BCUT2D eigenvalue weighted by Crippen LogP contribution is -2.08. The van der Waals surface area contributed by atoms with Crippen molar-refractivity contribution >= 4 is 28.1 Å². The average molecular weight is 245 g/mol. The number of aromatic nitrogens is 1. The molecule has 0 radical (unpaired) electrons. The van der Waals surface area contributed by atoms with E-state index in [4.69, 9.17) is 5.73 Å². The van der Waals surface area contributed by atoms with Crippen molar-refractivity contribution in [2.24, 2.45) is 0 Å². The first kappa shape index (κ1) is 10.3. The van der Waals surface area contributed by atoms with E-state index in [0.717, 1.165) is 22.5 Å². The Morgan fingerprint density at radius 3 is 3.00 bits per heavy atom. The van der Waals surface area contributed by atoms with E-state index in [1.165, 1.54) is 11.3 Å². The van der Waals surface area contributed by atoms with Crippen LogP contribution in [-0.2, 0) is 4.79 Å². The highest BCUT2D eigenvalue weighted by molar-refractivity contribution is 7.13. The van der Waals surface area contributed by atoms with E-state index < -0.39 is 0 Å². The maximum atomic E-state index is 11.5. The molecular formula is C12H11N3OS. The molecule has 1 atom stereocenters. The van der Waals surface area contributed by atoms with Crippen molar-refractivity contribution in [1.82, 2.24) is 4.98 Å². The number of rotatable bonds is 1. The van der Waals surface area contributed by atoms with Crippen LogP contribution in [0.3, 0.4) is 0 Å². The van der Waals surface area contributed by atoms with Crippen LogP contribution in [0.15, 0.2) is 23.6 Å². The lowest BCUT2D eigenvalue weighted by atomic mass is 10.00. The number of fused-ring (bicyclic) bond motifs is 1. The van der Waals surface area contributed by atoms with Crippen LogP contribution in [-0.4, -0.2) is 10.9 Å². The normalized spacial score (nSPS) is 17.9. The Morgan fingerprint density at radius 2 is 2.29 bits per heavy atom. The number of nitrogen functional groups attached to an aromatic ring is 1. The number of hydrogen-bond donors (Lipinski definition) is 2. The van der Waals surface area contributed by atoms with Gasteiger partial charge >= 0.3 is 0 Å². The van der Waals surface area contributed by atoms with E-state index in [2.05, 4.69) is 10.3 Å². The van der Waals surface area contributed by atoms with Crippen molar-refractivity contribution < 1.29 is 4.79 Å². The molecule has 1 aromatic carbocycles. The van der Waals surface area contributed by atoms with Crippen LogP contribution in [0, 0.1) is 0 Å². The molecule has 4 nitrogen and oxygen atoms in total. The molecule has 0 unspecified atom stereocenters. The smallest absolute Gasteiger partial charge is 0.231 e. The summed E-state index contributed by atoms with van der Waals surface area (Å²) < 4.78 is 0. The first-order chi connectivity index (χ1) is 8.15. The van der Waals surface area contributed by atoms with Gasteiger partial charge in [-0.25, -0.2) is 4.98 Å². The lowest BCUT2D eigenvalue weighted by Gasteiger charge is -2.03. The highest BCUT2D eigenvalue weighted by atomic mass is 32.1. The Labute approximate surface area is 102 Å². The van der Waals surface area contributed by atoms with E-state index in [9.17, 15) is 4.79 Å². The monoisotopic (exact) mass is 245 g/mol. The minimum absolute atomic E-state index is 0.0509. The molecule has 5 heteroatoms. The third kappa shape index (κ3) is 1.59. The molecule has 0 bridgehead atoms. The van der Waals surface area contributed by atoms with Crippen molar-refractivity contribution in [3.63, 3.8) is 0 Å². The molecule has 0 saturated carbocycles. The SMILES string of the molecule is C[C@H]1C(=O)Nc2ccc(-c3csc(N)n3)cc21. The number of benzene rings is 1. The molecule has 0 aliphatic carbocycles. The summed E-state index contributed by atoms with van der Waals surface area (Å²) in [5.41, 5.74) is 9.41. The number of nitrogens with two attached hydrogens (primary N) is 1. The number of carbonyl (C=O) groups is 1. The predicted octanol–water partition coefficient (Wildman–Crippen LogP) is 2.45. The van der Waals surface area contributed by atoms with Gasteiger partial charge in [0.15, 0.2) is 5.13 Å². The summed E-state index contributed by atoms with van der Waals surface area (Å²) in [6.07, 6.45) is 0. The minimum Gasteiger partial charge on any atom is -0.375 e. The Morgan fingerprint density at radius 1 is 1.47 bits per heavy atom. The van der Waals surface area contributed by atoms with Crippen molar-refractivity contribution in [2.75, 3.05) is 11.1 Å². The largest absolute Gasteiger partial charge is 0.375 e. The summed E-state index contributed by atoms with van der Waals surface area (Å²) in [5, 5.41) is 5.33. The van der Waals surface area contributed by atoms with Crippen LogP contribution in [0.25, 0.3) is 11.3 Å². The zero-order chi connectivity index (χ0) is 12.0. The second-order valence-electron chi connectivity index (χ2n) is 4.08. The second-order valence-corrected chi connectivity index (χ2v) is 4.97. The van der Waals surface area contributed by atoms with Crippen LogP contribution < -0.4 is 11.1 Å². The van der Waals surface area contributed by atoms with Gasteiger partial charge in [-0.15, -0.1) is 11.3 Å². The van der Waals surface area contributed by atoms with Gasteiger partial charge in [-0.1, -0.05) is 6.07 Å². The summed E-state index contributed by atoms with van der Waals surface area (Å²) in [6.45, 7) is 1.90.